The van der Waals surface area contributed by atoms with Crippen molar-refractivity contribution in [1.29, 1.82) is 0 Å². The molecule has 0 aliphatic rings. The third-order valence-electron chi connectivity index (χ3n) is 3.92. The zero-order valence-corrected chi connectivity index (χ0v) is 19.7. The van der Waals surface area contributed by atoms with Gasteiger partial charge >= 0.3 is 0 Å². The first-order valence-corrected chi connectivity index (χ1v) is 13.6. The topological polar surface area (TPSA) is 47.6 Å². The van der Waals surface area contributed by atoms with Gasteiger partial charge in [0, 0.05) is 26.8 Å². The molecule has 3 nitrogen and oxygen atoms in total. The van der Waals surface area contributed by atoms with Gasteiger partial charge in [-0.2, -0.15) is 0 Å². The molecule has 0 aromatic heterocycles. The van der Waals surface area contributed by atoms with Crippen molar-refractivity contribution in [1.82, 2.24) is 0 Å². The molecule has 0 radical (unpaired) electrons. The van der Waals surface area contributed by atoms with Gasteiger partial charge in [-0.1, -0.05) is 53.1 Å². The number of aliphatic imine (C=N–C) groups is 1. The lowest BCUT2D eigenvalue weighted by Crippen LogP contribution is -2.22. The van der Waals surface area contributed by atoms with E-state index in [1.807, 2.05) is 6.92 Å². The summed E-state index contributed by atoms with van der Waals surface area (Å²) in [6.45, 7) is 21.4. The molecular weight excluding hydrogens is 392 g/mol. The lowest BCUT2D eigenvalue weighted by molar-refractivity contribution is 0.122. The number of halogens is 1. The normalized spacial score (nSPS) is 15.6. The lowest BCUT2D eigenvalue weighted by Gasteiger charge is -2.20. The van der Waals surface area contributed by atoms with Gasteiger partial charge in [0.2, 0.25) is 0 Å². The van der Waals surface area contributed by atoms with Gasteiger partial charge in [-0.25, -0.2) is 4.99 Å². The van der Waals surface area contributed by atoms with Crippen LogP contribution in [0.4, 0.5) is 0 Å². The van der Waals surface area contributed by atoms with Crippen molar-refractivity contribution in [2.24, 2.45) is 22.6 Å². The second kappa shape index (κ2) is 11.9. The van der Waals surface area contributed by atoms with Crippen molar-refractivity contribution < 1.29 is 4.74 Å². The van der Waals surface area contributed by atoms with Crippen LogP contribution in [0.25, 0.3) is 0 Å². The summed E-state index contributed by atoms with van der Waals surface area (Å²) in [7, 11) is -1.04. The molecule has 0 bridgehead atoms. The number of hydrogen-bond donors (Lipinski definition) is 1. The van der Waals surface area contributed by atoms with Crippen LogP contribution in [0.5, 0.6) is 0 Å². The number of rotatable bonds is 11. The second-order valence-corrected chi connectivity index (χ2v) is 14.5. The molecule has 25 heavy (non-hydrogen) atoms. The number of ether oxygens (including phenoxy) is 1. The van der Waals surface area contributed by atoms with E-state index in [2.05, 4.69) is 74.0 Å². The summed E-state index contributed by atoms with van der Waals surface area (Å²) in [6.07, 6.45) is 4.81. The first kappa shape index (κ1) is 24.3. The minimum Gasteiger partial charge on any atom is -0.402 e. The van der Waals surface area contributed by atoms with Gasteiger partial charge in [0.1, 0.15) is 4.61 Å². The maximum absolute atomic E-state index is 5.97. The van der Waals surface area contributed by atoms with Gasteiger partial charge in [-0.15, -0.1) is 0 Å². The van der Waals surface area contributed by atoms with E-state index in [0.717, 1.165) is 30.9 Å². The molecule has 0 heterocycles. The highest BCUT2D eigenvalue weighted by Crippen LogP contribution is 2.23. The molecule has 1 atom stereocenters. The van der Waals surface area contributed by atoms with E-state index in [1.54, 1.807) is 0 Å². The number of allylic oxidation sites excluding steroid dienone is 2. The Bertz CT molecular complexity index is 516. The molecule has 0 rings (SSSR count). The summed E-state index contributed by atoms with van der Waals surface area (Å²) in [6, 6.07) is 1.21. The molecule has 0 aliphatic heterocycles. The molecule has 5 heteroatoms. The molecule has 0 saturated carbocycles. The van der Waals surface area contributed by atoms with Gasteiger partial charge in [0.05, 0.1) is 12.3 Å². The summed E-state index contributed by atoms with van der Waals surface area (Å²) < 4.78 is 6.59. The number of hydrogen-bond acceptors (Lipinski definition) is 3. The van der Waals surface area contributed by atoms with E-state index in [4.69, 9.17) is 10.5 Å². The van der Waals surface area contributed by atoms with Gasteiger partial charge in [-0.3, -0.25) is 0 Å². The van der Waals surface area contributed by atoms with Gasteiger partial charge < -0.3 is 10.5 Å². The van der Waals surface area contributed by atoms with Crippen molar-refractivity contribution in [3.05, 3.63) is 34.6 Å². The molecular formula is C20H37BrN2OSi. The fourth-order valence-corrected chi connectivity index (χ4v) is 3.18. The molecule has 144 valence electrons. The second-order valence-electron chi connectivity index (χ2n) is 8.06. The molecule has 2 N–H and O–H groups in total. The standard InChI is InChI=1S/C20H37BrN2OSi/c1-9-17(14-24-10-11-25(6,7)8)12-18(15(2)3)20(16(4)5)23-19(21)13-22/h12-13,15,17H,4,9-11,14,22H2,1-3,5-8H3/b18-12-,19-13-,23-20-. The van der Waals surface area contributed by atoms with E-state index < -0.39 is 8.07 Å². The number of nitrogens with two attached hydrogens (primary N) is 1. The smallest absolute Gasteiger partial charge is 0.122 e. The molecule has 0 aromatic carbocycles. The molecule has 0 aliphatic carbocycles. The molecule has 1 unspecified atom stereocenters. The molecule has 0 fully saturated rings. The Morgan fingerprint density at radius 3 is 2.32 bits per heavy atom. The highest BCUT2D eigenvalue weighted by atomic mass is 79.9. The van der Waals surface area contributed by atoms with Crippen LogP contribution in [-0.4, -0.2) is 27.0 Å². The quantitative estimate of drug-likeness (QED) is 0.186. The van der Waals surface area contributed by atoms with Crippen molar-refractivity contribution in [3.8, 4) is 0 Å². The lowest BCUT2D eigenvalue weighted by atomic mass is 9.90. The summed E-state index contributed by atoms with van der Waals surface area (Å²) in [5.74, 6) is 0.730. The average Bonchev–Trinajstić information content (AvgIpc) is 2.50. The largest absolute Gasteiger partial charge is 0.402 e. The highest BCUT2D eigenvalue weighted by Gasteiger charge is 2.16. The Balaban J connectivity index is 5.30. The minimum absolute atomic E-state index is 0.351. The highest BCUT2D eigenvalue weighted by molar-refractivity contribution is 9.11. The third-order valence-corrected chi connectivity index (χ3v) is 6.07. The summed E-state index contributed by atoms with van der Waals surface area (Å²) in [4.78, 5) is 4.60. The van der Waals surface area contributed by atoms with Crippen molar-refractivity contribution in [2.75, 3.05) is 13.2 Å². The van der Waals surface area contributed by atoms with Gasteiger partial charge in [0.15, 0.2) is 0 Å². The maximum Gasteiger partial charge on any atom is 0.122 e. The Labute approximate surface area is 164 Å². The van der Waals surface area contributed by atoms with Crippen LogP contribution in [0.3, 0.4) is 0 Å². The van der Waals surface area contributed by atoms with Crippen LogP contribution in [0.2, 0.25) is 25.7 Å². The van der Waals surface area contributed by atoms with Crippen molar-refractivity contribution >= 4 is 29.7 Å². The molecule has 0 saturated heterocycles. The predicted molar refractivity (Wildman–Crippen MR) is 119 cm³/mol. The van der Waals surface area contributed by atoms with E-state index in [1.165, 1.54) is 17.8 Å². The summed E-state index contributed by atoms with van der Waals surface area (Å²) in [5, 5.41) is 0. The van der Waals surface area contributed by atoms with E-state index in [-0.39, 0.29) is 0 Å². The van der Waals surface area contributed by atoms with Crippen molar-refractivity contribution in [2.45, 2.75) is 59.8 Å². The van der Waals surface area contributed by atoms with Crippen molar-refractivity contribution in [3.63, 3.8) is 0 Å². The van der Waals surface area contributed by atoms with Gasteiger partial charge in [-0.05, 0) is 52.4 Å². The Morgan fingerprint density at radius 2 is 1.92 bits per heavy atom. The van der Waals surface area contributed by atoms with Crippen LogP contribution in [0, 0.1) is 11.8 Å². The van der Waals surface area contributed by atoms with Crippen LogP contribution in [0.1, 0.15) is 34.1 Å². The monoisotopic (exact) mass is 428 g/mol. The average molecular weight is 430 g/mol. The predicted octanol–water partition coefficient (Wildman–Crippen LogP) is 6.12. The molecule has 0 spiro atoms. The van der Waals surface area contributed by atoms with E-state index in [9.17, 15) is 0 Å². The third kappa shape index (κ3) is 10.8. The summed E-state index contributed by atoms with van der Waals surface area (Å²) >= 11 is 3.38. The maximum atomic E-state index is 5.97. The fraction of sp³-hybridized carbons (Fsp3) is 0.650. The van der Waals surface area contributed by atoms with Gasteiger partial charge in [0.25, 0.3) is 0 Å². The van der Waals surface area contributed by atoms with Crippen LogP contribution < -0.4 is 5.73 Å². The fourth-order valence-electron chi connectivity index (χ4n) is 2.25. The zero-order chi connectivity index (χ0) is 19.6. The van der Waals surface area contributed by atoms with Crippen LogP contribution in [0.15, 0.2) is 39.6 Å². The van der Waals surface area contributed by atoms with Crippen LogP contribution >= 0.6 is 15.9 Å². The number of nitrogens with zero attached hydrogens (tertiary/aromatic N) is 1. The molecule has 0 aromatic rings. The Morgan fingerprint density at radius 1 is 1.32 bits per heavy atom. The zero-order valence-electron chi connectivity index (χ0n) is 17.2. The Hall–Kier alpha value is -0.653. The minimum atomic E-state index is -1.04. The SMILES string of the molecule is C=C(C)C(=N/C(Br)=C\N)/C(=C\C(CC)COCC[Si](C)(C)C)C(C)C. The summed E-state index contributed by atoms with van der Waals surface area (Å²) in [5.41, 5.74) is 8.60. The van der Waals surface area contributed by atoms with E-state index in [0.29, 0.717) is 16.4 Å². The van der Waals surface area contributed by atoms with Crippen LogP contribution in [-0.2, 0) is 4.74 Å². The first-order chi connectivity index (χ1) is 11.5. The first-order valence-electron chi connectivity index (χ1n) is 9.13. The van der Waals surface area contributed by atoms with E-state index >= 15 is 0 Å². The Kier molecular flexibility index (Phi) is 11.6. The molecule has 0 amide bonds.